The fraction of sp³-hybridized carbons (Fsp3) is 0.462. The lowest BCUT2D eigenvalue weighted by atomic mass is 9.98. The van der Waals surface area contributed by atoms with Crippen LogP contribution in [0, 0.1) is 0 Å². The summed E-state index contributed by atoms with van der Waals surface area (Å²) in [7, 11) is 0. The van der Waals surface area contributed by atoms with Crippen molar-refractivity contribution in [1.29, 1.82) is 0 Å². The molecule has 4 heteroatoms. The molecule has 90 valence electrons. The van der Waals surface area contributed by atoms with Crippen LogP contribution in [0.25, 0.3) is 0 Å². The molecule has 3 nitrogen and oxygen atoms in total. The van der Waals surface area contributed by atoms with E-state index in [0.29, 0.717) is 28.5 Å². The smallest absolute Gasteiger partial charge is 0.154 e. The number of hydrogen-bond acceptors (Lipinski definition) is 3. The highest BCUT2D eigenvalue weighted by atomic mass is 35.5. The molecule has 0 radical (unpaired) electrons. The van der Waals surface area contributed by atoms with Gasteiger partial charge in [-0.2, -0.15) is 0 Å². The van der Waals surface area contributed by atoms with E-state index < -0.39 is 0 Å². The Labute approximate surface area is 105 Å². The molecule has 0 amide bonds. The largest absolute Gasteiger partial charge is 0.489 e. The molecule has 1 aromatic carbocycles. The lowest BCUT2D eigenvalue weighted by molar-refractivity contribution is 0.111. The van der Waals surface area contributed by atoms with Crippen LogP contribution in [-0.2, 0) is 12.8 Å². The number of carbonyl (C=O) groups excluding carboxylic acids is 1. The number of halogens is 1. The minimum absolute atomic E-state index is 0.0705. The summed E-state index contributed by atoms with van der Waals surface area (Å²) in [5, 5.41) is 0.620. The Hall–Kier alpha value is -1.22. The molecule has 1 aromatic rings. The van der Waals surface area contributed by atoms with Crippen molar-refractivity contribution in [2.45, 2.75) is 38.9 Å². The van der Waals surface area contributed by atoms with Crippen molar-refractivity contribution in [3.63, 3.8) is 0 Å². The number of rotatable bonds is 1. The summed E-state index contributed by atoms with van der Waals surface area (Å²) in [5.74, 6) is 1.34. The molecule has 2 heterocycles. The van der Waals surface area contributed by atoms with Gasteiger partial charge in [0.1, 0.15) is 23.7 Å². The normalized spacial score (nSPS) is 24.9. The van der Waals surface area contributed by atoms with Crippen molar-refractivity contribution in [1.82, 2.24) is 0 Å². The molecule has 0 saturated carbocycles. The monoisotopic (exact) mass is 252 g/mol. The van der Waals surface area contributed by atoms with Gasteiger partial charge in [-0.25, -0.2) is 0 Å². The van der Waals surface area contributed by atoms with Crippen molar-refractivity contribution in [3.05, 3.63) is 21.7 Å². The van der Waals surface area contributed by atoms with Gasteiger partial charge < -0.3 is 9.47 Å². The molecule has 0 N–H and O–H groups in total. The topological polar surface area (TPSA) is 35.5 Å². The number of aldehydes is 1. The molecule has 0 saturated heterocycles. The molecule has 3 rings (SSSR count). The standard InChI is InChI=1S/C13H13ClO3/c1-6-3-8-10(5-15)12-9(4-7(2)16-12)11(14)13(8)17-6/h5-7H,3-4H2,1-2H3. The first kappa shape index (κ1) is 10.9. The fourth-order valence-corrected chi connectivity index (χ4v) is 2.94. The minimum Gasteiger partial charge on any atom is -0.489 e. The van der Waals surface area contributed by atoms with Gasteiger partial charge >= 0.3 is 0 Å². The highest BCUT2D eigenvalue weighted by Gasteiger charge is 2.34. The maximum atomic E-state index is 11.3. The molecule has 2 aliphatic heterocycles. The molecule has 2 atom stereocenters. The molecule has 0 bridgehead atoms. The predicted octanol–water partition coefficient (Wildman–Crippen LogP) is 2.80. The Kier molecular flexibility index (Phi) is 2.33. The molecular weight excluding hydrogens is 240 g/mol. The van der Waals surface area contributed by atoms with Gasteiger partial charge in [0.15, 0.2) is 6.29 Å². The van der Waals surface area contributed by atoms with Gasteiger partial charge in [0.05, 0.1) is 10.6 Å². The van der Waals surface area contributed by atoms with Gasteiger partial charge in [0.25, 0.3) is 0 Å². The third-order valence-electron chi connectivity index (χ3n) is 3.32. The van der Waals surface area contributed by atoms with Crippen molar-refractivity contribution < 1.29 is 14.3 Å². The first-order valence-electron chi connectivity index (χ1n) is 5.77. The molecular formula is C13H13ClO3. The summed E-state index contributed by atoms with van der Waals surface area (Å²) in [6.45, 7) is 3.94. The molecule has 0 spiro atoms. The summed E-state index contributed by atoms with van der Waals surface area (Å²) in [5.41, 5.74) is 2.42. The van der Waals surface area contributed by atoms with Crippen LogP contribution in [0.4, 0.5) is 0 Å². The van der Waals surface area contributed by atoms with Crippen LogP contribution in [0.15, 0.2) is 0 Å². The molecule has 2 unspecified atom stereocenters. The zero-order valence-corrected chi connectivity index (χ0v) is 10.5. The average Bonchev–Trinajstić information content (AvgIpc) is 2.83. The number of carbonyl (C=O) groups is 1. The van der Waals surface area contributed by atoms with Crippen LogP contribution in [0.2, 0.25) is 5.02 Å². The number of fused-ring (bicyclic) bond motifs is 2. The van der Waals surface area contributed by atoms with E-state index in [0.717, 1.165) is 23.8 Å². The Morgan fingerprint density at radius 1 is 1.12 bits per heavy atom. The van der Waals surface area contributed by atoms with E-state index in [1.54, 1.807) is 0 Å². The Morgan fingerprint density at radius 2 is 1.71 bits per heavy atom. The Bertz CT molecular complexity index is 471. The van der Waals surface area contributed by atoms with Gasteiger partial charge in [-0.15, -0.1) is 0 Å². The van der Waals surface area contributed by atoms with Crippen LogP contribution in [-0.4, -0.2) is 18.5 Å². The number of benzene rings is 1. The van der Waals surface area contributed by atoms with Crippen molar-refractivity contribution >= 4 is 17.9 Å². The van der Waals surface area contributed by atoms with Gasteiger partial charge in [0.2, 0.25) is 0 Å². The van der Waals surface area contributed by atoms with Gasteiger partial charge in [0, 0.05) is 24.0 Å². The summed E-state index contributed by atoms with van der Waals surface area (Å²) in [6.07, 6.45) is 2.45. The Morgan fingerprint density at radius 3 is 2.35 bits per heavy atom. The summed E-state index contributed by atoms with van der Waals surface area (Å²) >= 11 is 6.34. The second kappa shape index (κ2) is 3.64. The van der Waals surface area contributed by atoms with Crippen molar-refractivity contribution in [2.24, 2.45) is 0 Å². The highest BCUT2D eigenvalue weighted by Crippen LogP contribution is 2.48. The van der Waals surface area contributed by atoms with E-state index in [4.69, 9.17) is 21.1 Å². The molecule has 0 aromatic heterocycles. The van der Waals surface area contributed by atoms with Crippen LogP contribution in [0.3, 0.4) is 0 Å². The van der Waals surface area contributed by atoms with Crippen LogP contribution in [0.5, 0.6) is 11.5 Å². The fourth-order valence-electron chi connectivity index (χ4n) is 2.62. The molecule has 0 aliphatic carbocycles. The van der Waals surface area contributed by atoms with Gasteiger partial charge in [-0.1, -0.05) is 11.6 Å². The SMILES string of the molecule is CC1Cc2c(C=O)c3c(c(Cl)c2O1)CC(C)O3. The molecule has 17 heavy (non-hydrogen) atoms. The first-order valence-corrected chi connectivity index (χ1v) is 6.15. The summed E-state index contributed by atoms with van der Waals surface area (Å²) < 4.78 is 11.4. The second-order valence-electron chi connectivity index (χ2n) is 4.73. The van der Waals surface area contributed by atoms with E-state index >= 15 is 0 Å². The lowest BCUT2D eigenvalue weighted by Gasteiger charge is -2.10. The zero-order chi connectivity index (χ0) is 12.2. The lowest BCUT2D eigenvalue weighted by Crippen LogP contribution is -2.07. The van der Waals surface area contributed by atoms with Crippen LogP contribution < -0.4 is 9.47 Å². The number of ether oxygens (including phenoxy) is 2. The third kappa shape index (κ3) is 1.45. The number of hydrogen-bond donors (Lipinski definition) is 0. The maximum absolute atomic E-state index is 11.3. The quantitative estimate of drug-likeness (QED) is 0.721. The van der Waals surface area contributed by atoms with E-state index in [1.807, 2.05) is 13.8 Å². The Balaban J connectivity index is 2.27. The minimum atomic E-state index is 0.0705. The first-order chi connectivity index (χ1) is 8.11. The zero-order valence-electron chi connectivity index (χ0n) is 9.75. The van der Waals surface area contributed by atoms with Gasteiger partial charge in [-0.05, 0) is 13.8 Å². The van der Waals surface area contributed by atoms with E-state index in [1.165, 1.54) is 0 Å². The predicted molar refractivity (Wildman–Crippen MR) is 64.4 cm³/mol. The van der Waals surface area contributed by atoms with Crippen LogP contribution in [0.1, 0.15) is 35.3 Å². The van der Waals surface area contributed by atoms with E-state index in [2.05, 4.69) is 0 Å². The molecule has 2 aliphatic rings. The maximum Gasteiger partial charge on any atom is 0.154 e. The second-order valence-corrected chi connectivity index (χ2v) is 5.10. The van der Waals surface area contributed by atoms with E-state index in [-0.39, 0.29) is 12.2 Å². The highest BCUT2D eigenvalue weighted by molar-refractivity contribution is 6.33. The summed E-state index contributed by atoms with van der Waals surface area (Å²) in [4.78, 5) is 11.3. The van der Waals surface area contributed by atoms with Crippen molar-refractivity contribution in [2.75, 3.05) is 0 Å². The van der Waals surface area contributed by atoms with E-state index in [9.17, 15) is 4.79 Å². The average molecular weight is 253 g/mol. The van der Waals surface area contributed by atoms with Crippen LogP contribution >= 0.6 is 11.6 Å². The van der Waals surface area contributed by atoms with Gasteiger partial charge in [-0.3, -0.25) is 4.79 Å². The van der Waals surface area contributed by atoms with Crippen molar-refractivity contribution in [3.8, 4) is 11.5 Å². The molecule has 0 fully saturated rings. The summed E-state index contributed by atoms with van der Waals surface area (Å²) in [6, 6.07) is 0. The third-order valence-corrected chi connectivity index (χ3v) is 3.72.